The maximum Gasteiger partial charge on any atom is 0.222 e. The first kappa shape index (κ1) is 25.3. The molecule has 1 atom stereocenters. The predicted molar refractivity (Wildman–Crippen MR) is 136 cm³/mol. The van der Waals surface area contributed by atoms with E-state index in [1.54, 1.807) is 7.05 Å². The molecular weight excluding hydrogens is 527 g/mol. The van der Waals surface area contributed by atoms with Crippen molar-refractivity contribution in [2.24, 2.45) is 4.99 Å². The molecule has 0 saturated carbocycles. The average molecular weight is 557 g/mol. The number of amides is 1. The first-order valence-electron chi connectivity index (χ1n) is 10.3. The Labute approximate surface area is 206 Å². The van der Waals surface area contributed by atoms with E-state index in [2.05, 4.69) is 27.8 Å². The summed E-state index contributed by atoms with van der Waals surface area (Å²) in [7, 11) is 1.76. The van der Waals surface area contributed by atoms with Crippen molar-refractivity contribution in [1.82, 2.24) is 15.5 Å². The Morgan fingerprint density at radius 1 is 1.19 bits per heavy atom. The van der Waals surface area contributed by atoms with Crippen LogP contribution in [-0.2, 0) is 17.9 Å². The van der Waals surface area contributed by atoms with Crippen molar-refractivity contribution < 1.29 is 9.53 Å². The van der Waals surface area contributed by atoms with Crippen LogP contribution in [0.15, 0.2) is 53.5 Å². The molecule has 2 N–H and O–H groups in total. The molecule has 6 nitrogen and oxygen atoms in total. The minimum atomic E-state index is 0. The van der Waals surface area contributed by atoms with Gasteiger partial charge in [0.25, 0.3) is 0 Å². The molecule has 1 unspecified atom stereocenters. The first-order valence-corrected chi connectivity index (χ1v) is 10.7. The Kier molecular flexibility index (Phi) is 10.4. The highest BCUT2D eigenvalue weighted by Gasteiger charge is 2.25. The zero-order valence-electron chi connectivity index (χ0n) is 17.9. The quantitative estimate of drug-likeness (QED) is 0.305. The summed E-state index contributed by atoms with van der Waals surface area (Å²) in [6.07, 6.45) is 1.47. The summed E-state index contributed by atoms with van der Waals surface area (Å²) in [5.74, 6) is 1.61. The van der Waals surface area contributed by atoms with Gasteiger partial charge in [0, 0.05) is 39.1 Å². The molecular formula is C23H30ClIN4O2. The fraction of sp³-hybridized carbons (Fsp3) is 0.391. The highest BCUT2D eigenvalue weighted by atomic mass is 127. The number of aliphatic imine (C=N–C) groups is 1. The number of ether oxygens (including phenoxy) is 1. The van der Waals surface area contributed by atoms with Crippen LogP contribution >= 0.6 is 35.6 Å². The number of hydrogen-bond acceptors (Lipinski definition) is 3. The predicted octanol–water partition coefficient (Wildman–Crippen LogP) is 4.21. The molecule has 31 heavy (non-hydrogen) atoms. The summed E-state index contributed by atoms with van der Waals surface area (Å²) < 4.78 is 5.91. The zero-order valence-corrected chi connectivity index (χ0v) is 21.0. The Bertz CT molecular complexity index is 893. The Morgan fingerprint density at radius 2 is 1.90 bits per heavy atom. The van der Waals surface area contributed by atoms with Crippen LogP contribution in [0.5, 0.6) is 5.75 Å². The average Bonchev–Trinajstić information content (AvgIpc) is 3.24. The van der Waals surface area contributed by atoms with Crippen molar-refractivity contribution in [3.63, 3.8) is 0 Å². The second kappa shape index (κ2) is 12.8. The summed E-state index contributed by atoms with van der Waals surface area (Å²) in [5, 5.41) is 7.40. The number of likely N-dealkylation sites (tertiary alicyclic amines) is 1. The topological polar surface area (TPSA) is 66.0 Å². The number of rotatable bonds is 7. The number of para-hydroxylation sites is 1. The summed E-state index contributed by atoms with van der Waals surface area (Å²) in [5.41, 5.74) is 2.21. The van der Waals surface area contributed by atoms with Gasteiger partial charge in [0.05, 0.1) is 5.02 Å². The lowest BCUT2D eigenvalue weighted by Gasteiger charge is -2.19. The van der Waals surface area contributed by atoms with Crippen molar-refractivity contribution in [2.75, 3.05) is 20.1 Å². The summed E-state index contributed by atoms with van der Waals surface area (Å²) in [6, 6.07) is 15.8. The van der Waals surface area contributed by atoms with E-state index in [0.717, 1.165) is 36.6 Å². The minimum absolute atomic E-state index is 0. The normalized spacial score (nSPS) is 15.9. The van der Waals surface area contributed by atoms with E-state index in [4.69, 9.17) is 16.3 Å². The number of halogens is 2. The van der Waals surface area contributed by atoms with E-state index in [9.17, 15) is 4.79 Å². The molecule has 1 amide bonds. The van der Waals surface area contributed by atoms with Gasteiger partial charge in [-0.2, -0.15) is 0 Å². The van der Waals surface area contributed by atoms with Gasteiger partial charge in [-0.15, -0.1) is 24.0 Å². The summed E-state index contributed by atoms with van der Waals surface area (Å²) >= 11 is 6.19. The summed E-state index contributed by atoms with van der Waals surface area (Å²) in [6.45, 7) is 4.46. The molecule has 1 heterocycles. The van der Waals surface area contributed by atoms with Gasteiger partial charge >= 0.3 is 0 Å². The number of nitrogens with zero attached hydrogens (tertiary/aromatic N) is 2. The summed E-state index contributed by atoms with van der Waals surface area (Å²) in [4.78, 5) is 18.1. The van der Waals surface area contributed by atoms with Crippen LogP contribution in [0.1, 0.15) is 30.9 Å². The molecule has 1 saturated heterocycles. The van der Waals surface area contributed by atoms with Crippen LogP contribution in [0.25, 0.3) is 0 Å². The van der Waals surface area contributed by atoms with E-state index in [-0.39, 0.29) is 35.9 Å². The lowest BCUT2D eigenvalue weighted by molar-refractivity contribution is -0.129. The van der Waals surface area contributed by atoms with Crippen molar-refractivity contribution in [1.29, 1.82) is 0 Å². The number of hydrogen-bond donors (Lipinski definition) is 2. The monoisotopic (exact) mass is 556 g/mol. The third-order valence-corrected chi connectivity index (χ3v) is 5.50. The van der Waals surface area contributed by atoms with Crippen LogP contribution in [0.4, 0.5) is 0 Å². The van der Waals surface area contributed by atoms with Gasteiger partial charge < -0.3 is 20.3 Å². The fourth-order valence-electron chi connectivity index (χ4n) is 3.48. The maximum atomic E-state index is 11.9. The van der Waals surface area contributed by atoms with Gasteiger partial charge in [-0.1, -0.05) is 54.9 Å². The highest BCUT2D eigenvalue weighted by molar-refractivity contribution is 14.0. The first-order chi connectivity index (χ1) is 14.6. The van der Waals surface area contributed by atoms with E-state index in [1.165, 1.54) is 0 Å². The van der Waals surface area contributed by atoms with Gasteiger partial charge in [0.2, 0.25) is 5.91 Å². The number of carbonyl (C=O) groups excluding carboxylic acids is 1. The standard InChI is InChI=1S/C23H29ClN4O2.HI/c1-3-22(29)28-13-12-19(15-28)27-23(25-2)26-14-17-8-4-5-9-18(17)16-30-21-11-7-6-10-20(21)24;/h4-11,19H,3,12-16H2,1-2H3,(H2,25,26,27);1H. The van der Waals surface area contributed by atoms with Crippen molar-refractivity contribution >= 4 is 47.4 Å². The van der Waals surface area contributed by atoms with Crippen molar-refractivity contribution in [2.45, 2.75) is 39.0 Å². The number of benzene rings is 2. The highest BCUT2D eigenvalue weighted by Crippen LogP contribution is 2.24. The van der Waals surface area contributed by atoms with Crippen molar-refractivity contribution in [3.8, 4) is 5.75 Å². The largest absolute Gasteiger partial charge is 0.487 e. The minimum Gasteiger partial charge on any atom is -0.487 e. The third kappa shape index (κ3) is 7.28. The van der Waals surface area contributed by atoms with Gasteiger partial charge in [0.15, 0.2) is 5.96 Å². The molecule has 0 spiro atoms. The van der Waals surface area contributed by atoms with Gasteiger partial charge in [0.1, 0.15) is 12.4 Å². The molecule has 1 aliphatic rings. The molecule has 2 aromatic rings. The molecule has 2 aromatic carbocycles. The van der Waals surface area contributed by atoms with Crippen LogP contribution in [0.2, 0.25) is 5.02 Å². The van der Waals surface area contributed by atoms with Crippen LogP contribution in [-0.4, -0.2) is 42.9 Å². The lowest BCUT2D eigenvalue weighted by Crippen LogP contribution is -2.44. The van der Waals surface area contributed by atoms with Gasteiger partial charge in [-0.3, -0.25) is 9.79 Å². The molecule has 168 valence electrons. The van der Waals surface area contributed by atoms with E-state index >= 15 is 0 Å². The molecule has 1 aliphatic heterocycles. The van der Waals surface area contributed by atoms with Crippen LogP contribution < -0.4 is 15.4 Å². The molecule has 1 fully saturated rings. The number of nitrogens with one attached hydrogen (secondary N) is 2. The van der Waals surface area contributed by atoms with Crippen molar-refractivity contribution in [3.05, 3.63) is 64.7 Å². The van der Waals surface area contributed by atoms with Gasteiger partial charge in [-0.05, 0) is 29.7 Å². The fourth-order valence-corrected chi connectivity index (χ4v) is 3.67. The molecule has 0 radical (unpaired) electrons. The van der Waals surface area contributed by atoms with E-state index in [1.807, 2.05) is 48.2 Å². The Morgan fingerprint density at radius 3 is 2.61 bits per heavy atom. The molecule has 0 aromatic heterocycles. The Balaban J connectivity index is 0.00000341. The van der Waals surface area contributed by atoms with Gasteiger partial charge in [-0.25, -0.2) is 0 Å². The molecule has 0 bridgehead atoms. The third-order valence-electron chi connectivity index (χ3n) is 5.19. The van der Waals surface area contributed by atoms with E-state index < -0.39 is 0 Å². The van der Waals surface area contributed by atoms with E-state index in [0.29, 0.717) is 30.3 Å². The maximum absolute atomic E-state index is 11.9. The SMILES string of the molecule is CCC(=O)N1CCC(NC(=NC)NCc2ccccc2COc2ccccc2Cl)C1.I. The number of carbonyl (C=O) groups is 1. The zero-order chi connectivity index (χ0) is 21.3. The van der Waals surface area contributed by atoms with Crippen LogP contribution in [0, 0.1) is 0 Å². The smallest absolute Gasteiger partial charge is 0.222 e. The lowest BCUT2D eigenvalue weighted by atomic mass is 10.1. The second-order valence-corrected chi connectivity index (χ2v) is 7.64. The van der Waals surface area contributed by atoms with Crippen LogP contribution in [0.3, 0.4) is 0 Å². The molecule has 3 rings (SSSR count). The molecule has 8 heteroatoms. The molecule has 0 aliphatic carbocycles. The number of guanidine groups is 1. The Hall–Kier alpha value is -2.00. The second-order valence-electron chi connectivity index (χ2n) is 7.24.